The molecule has 32 heavy (non-hydrogen) atoms. The molecule has 0 unspecified atom stereocenters. The lowest BCUT2D eigenvalue weighted by atomic mass is 10.0. The summed E-state index contributed by atoms with van der Waals surface area (Å²) in [5.41, 5.74) is 4.04. The van der Waals surface area contributed by atoms with Crippen molar-refractivity contribution >= 4 is 23.4 Å². The fourth-order valence-electron chi connectivity index (χ4n) is 3.96. The molecule has 2 aromatic carbocycles. The summed E-state index contributed by atoms with van der Waals surface area (Å²) >= 11 is 6.09. The van der Waals surface area contributed by atoms with Crippen LogP contribution in [-0.4, -0.2) is 57.6 Å². The quantitative estimate of drug-likeness (QED) is 0.585. The second-order valence-electron chi connectivity index (χ2n) is 8.40. The van der Waals surface area contributed by atoms with Gasteiger partial charge in [0.15, 0.2) is 0 Å². The Labute approximate surface area is 193 Å². The number of rotatable bonds is 4. The van der Waals surface area contributed by atoms with Crippen molar-refractivity contribution in [1.29, 1.82) is 0 Å². The zero-order chi connectivity index (χ0) is 22.8. The Balaban J connectivity index is 1.41. The van der Waals surface area contributed by atoms with E-state index in [1.54, 1.807) is 21.8 Å². The van der Waals surface area contributed by atoms with Gasteiger partial charge in [-0.15, -0.1) is 0 Å². The Morgan fingerprint density at radius 2 is 1.56 bits per heavy atom. The number of nitrogens with zero attached hydrogens (tertiary/aromatic N) is 4. The molecule has 3 aromatic rings. The van der Waals surface area contributed by atoms with Gasteiger partial charge in [0.25, 0.3) is 11.8 Å². The average molecular weight is 451 g/mol. The molecule has 1 aliphatic rings. The van der Waals surface area contributed by atoms with Gasteiger partial charge in [-0.1, -0.05) is 43.6 Å². The lowest BCUT2D eigenvalue weighted by Gasteiger charge is -2.34. The zero-order valence-corrected chi connectivity index (χ0v) is 19.3. The number of hydrogen-bond donors (Lipinski definition) is 0. The normalized spacial score (nSPS) is 14.2. The second-order valence-corrected chi connectivity index (χ2v) is 8.83. The summed E-state index contributed by atoms with van der Waals surface area (Å²) in [6.45, 7) is 8.16. The minimum atomic E-state index is -0.0656. The number of piperazine rings is 1. The Bertz CT molecular complexity index is 1130. The monoisotopic (exact) mass is 450 g/mol. The lowest BCUT2D eigenvalue weighted by molar-refractivity contribution is 0.0535. The Hall–Kier alpha value is -3.12. The Kier molecular flexibility index (Phi) is 6.33. The van der Waals surface area contributed by atoms with Crippen LogP contribution in [0.4, 0.5) is 0 Å². The molecule has 2 heterocycles. The van der Waals surface area contributed by atoms with Crippen LogP contribution in [0.1, 0.15) is 51.7 Å². The minimum Gasteiger partial charge on any atom is -0.335 e. The highest BCUT2D eigenvalue weighted by Gasteiger charge is 2.27. The lowest BCUT2D eigenvalue weighted by Crippen LogP contribution is -2.50. The van der Waals surface area contributed by atoms with Crippen LogP contribution >= 0.6 is 11.6 Å². The molecule has 0 atom stereocenters. The standard InChI is InChI=1S/C25H27ClN4O2/c1-17(2)19-7-9-20(10-8-19)24(31)28-11-13-29(14-12-28)25(32)23-16-27-30(18(23)3)22-6-4-5-21(26)15-22/h4-10,15-17H,11-14H2,1-3H3. The number of carbonyl (C=O) groups excluding carboxylic acids is 2. The van der Waals surface area contributed by atoms with Crippen LogP contribution in [-0.2, 0) is 0 Å². The van der Waals surface area contributed by atoms with Gasteiger partial charge in [0.2, 0.25) is 0 Å². The van der Waals surface area contributed by atoms with Crippen LogP contribution < -0.4 is 0 Å². The molecule has 0 saturated carbocycles. The van der Waals surface area contributed by atoms with Gasteiger partial charge in [-0.2, -0.15) is 5.10 Å². The van der Waals surface area contributed by atoms with Crippen molar-refractivity contribution in [3.8, 4) is 5.69 Å². The summed E-state index contributed by atoms with van der Waals surface area (Å²) in [5.74, 6) is 0.377. The third-order valence-corrected chi connectivity index (χ3v) is 6.21. The maximum Gasteiger partial charge on any atom is 0.257 e. The number of aromatic nitrogens is 2. The van der Waals surface area contributed by atoms with Gasteiger partial charge >= 0.3 is 0 Å². The van der Waals surface area contributed by atoms with E-state index in [9.17, 15) is 9.59 Å². The van der Waals surface area contributed by atoms with Crippen LogP contribution in [0, 0.1) is 6.92 Å². The molecular weight excluding hydrogens is 424 g/mol. The largest absolute Gasteiger partial charge is 0.335 e. The number of hydrogen-bond acceptors (Lipinski definition) is 3. The average Bonchev–Trinajstić information content (AvgIpc) is 3.19. The van der Waals surface area contributed by atoms with E-state index in [0.29, 0.717) is 48.2 Å². The topological polar surface area (TPSA) is 58.4 Å². The summed E-state index contributed by atoms with van der Waals surface area (Å²) in [5, 5.41) is 5.01. The van der Waals surface area contributed by atoms with E-state index in [1.807, 2.05) is 54.3 Å². The van der Waals surface area contributed by atoms with Crippen LogP contribution in [0.3, 0.4) is 0 Å². The van der Waals surface area contributed by atoms with E-state index in [0.717, 1.165) is 11.4 Å². The van der Waals surface area contributed by atoms with Crippen LogP contribution in [0.2, 0.25) is 5.02 Å². The zero-order valence-electron chi connectivity index (χ0n) is 18.6. The predicted molar refractivity (Wildman–Crippen MR) is 126 cm³/mol. The number of halogens is 1. The number of carbonyl (C=O) groups is 2. The smallest absolute Gasteiger partial charge is 0.257 e. The maximum absolute atomic E-state index is 13.1. The minimum absolute atomic E-state index is 0.0114. The van der Waals surface area contributed by atoms with Gasteiger partial charge in [-0.05, 0) is 48.7 Å². The first-order valence-corrected chi connectivity index (χ1v) is 11.2. The third kappa shape index (κ3) is 4.41. The van der Waals surface area contributed by atoms with Crippen molar-refractivity contribution in [3.05, 3.63) is 82.1 Å². The molecule has 0 spiro atoms. The molecule has 0 N–H and O–H groups in total. The van der Waals surface area contributed by atoms with Crippen molar-refractivity contribution in [2.24, 2.45) is 0 Å². The molecule has 1 aromatic heterocycles. The summed E-state index contributed by atoms with van der Waals surface area (Å²) in [4.78, 5) is 29.6. The molecule has 4 rings (SSSR count). The SMILES string of the molecule is Cc1c(C(=O)N2CCN(C(=O)c3ccc(C(C)C)cc3)CC2)cnn1-c1cccc(Cl)c1. The highest BCUT2D eigenvalue weighted by molar-refractivity contribution is 6.30. The summed E-state index contributed by atoms with van der Waals surface area (Å²) in [6, 6.07) is 15.2. The molecule has 0 bridgehead atoms. The van der Waals surface area contributed by atoms with E-state index in [4.69, 9.17) is 11.6 Å². The fourth-order valence-corrected chi connectivity index (χ4v) is 4.15. The molecule has 2 amide bonds. The van der Waals surface area contributed by atoms with Crippen molar-refractivity contribution in [1.82, 2.24) is 19.6 Å². The first kappa shape index (κ1) is 22.1. The van der Waals surface area contributed by atoms with E-state index in [-0.39, 0.29) is 11.8 Å². The van der Waals surface area contributed by atoms with Gasteiger partial charge < -0.3 is 9.80 Å². The van der Waals surface area contributed by atoms with Gasteiger partial charge in [0.1, 0.15) is 0 Å². The van der Waals surface area contributed by atoms with Gasteiger partial charge in [0, 0.05) is 36.8 Å². The van der Waals surface area contributed by atoms with Crippen molar-refractivity contribution in [2.75, 3.05) is 26.2 Å². The molecule has 6 nitrogen and oxygen atoms in total. The van der Waals surface area contributed by atoms with Crippen LogP contribution in [0.15, 0.2) is 54.7 Å². The van der Waals surface area contributed by atoms with E-state index in [2.05, 4.69) is 18.9 Å². The summed E-state index contributed by atoms with van der Waals surface area (Å²) in [6.07, 6.45) is 1.60. The second kappa shape index (κ2) is 9.17. The molecule has 1 fully saturated rings. The molecular formula is C25H27ClN4O2. The molecule has 7 heteroatoms. The highest BCUT2D eigenvalue weighted by Crippen LogP contribution is 2.20. The molecule has 1 saturated heterocycles. The first-order valence-electron chi connectivity index (χ1n) is 10.8. The Morgan fingerprint density at radius 1 is 0.938 bits per heavy atom. The van der Waals surface area contributed by atoms with Crippen molar-refractivity contribution < 1.29 is 9.59 Å². The molecule has 166 valence electrons. The number of amides is 2. The summed E-state index contributed by atoms with van der Waals surface area (Å²) < 4.78 is 1.72. The van der Waals surface area contributed by atoms with E-state index >= 15 is 0 Å². The highest BCUT2D eigenvalue weighted by atomic mass is 35.5. The van der Waals surface area contributed by atoms with E-state index < -0.39 is 0 Å². The predicted octanol–water partition coefficient (Wildman–Crippen LogP) is 4.56. The first-order chi connectivity index (χ1) is 15.3. The third-order valence-electron chi connectivity index (χ3n) is 5.97. The molecule has 1 aliphatic heterocycles. The molecule has 0 aliphatic carbocycles. The van der Waals surface area contributed by atoms with Crippen molar-refractivity contribution in [3.63, 3.8) is 0 Å². The Morgan fingerprint density at radius 3 is 2.16 bits per heavy atom. The summed E-state index contributed by atoms with van der Waals surface area (Å²) in [7, 11) is 0. The van der Waals surface area contributed by atoms with Crippen LogP contribution in [0.25, 0.3) is 5.69 Å². The van der Waals surface area contributed by atoms with Crippen LogP contribution in [0.5, 0.6) is 0 Å². The van der Waals surface area contributed by atoms with E-state index in [1.165, 1.54) is 5.56 Å². The number of benzene rings is 2. The van der Waals surface area contributed by atoms with Gasteiger partial charge in [-0.3, -0.25) is 9.59 Å². The maximum atomic E-state index is 13.1. The van der Waals surface area contributed by atoms with Gasteiger partial charge in [-0.25, -0.2) is 4.68 Å². The van der Waals surface area contributed by atoms with Gasteiger partial charge in [0.05, 0.1) is 23.1 Å². The van der Waals surface area contributed by atoms with Crippen molar-refractivity contribution in [2.45, 2.75) is 26.7 Å². The molecule has 0 radical (unpaired) electrons. The fraction of sp³-hybridized carbons (Fsp3) is 0.320.